The Bertz CT molecular complexity index is 108. The highest BCUT2D eigenvalue weighted by Crippen LogP contribution is 2.22. The fourth-order valence-electron chi connectivity index (χ4n) is 2.12. The Hall–Kier alpha value is -0.0800. The summed E-state index contributed by atoms with van der Waals surface area (Å²) in [6.45, 7) is 1.96. The SMILES string of the molecule is C1COC(CCC2CCCO2)C1. The van der Waals surface area contributed by atoms with E-state index in [-0.39, 0.29) is 0 Å². The number of ether oxygens (including phenoxy) is 2. The average Bonchev–Trinajstić information content (AvgIpc) is 2.74. The molecule has 2 rings (SSSR count). The first-order valence-corrected chi connectivity index (χ1v) is 5.18. The summed E-state index contributed by atoms with van der Waals surface area (Å²) in [5.41, 5.74) is 0. The summed E-state index contributed by atoms with van der Waals surface area (Å²) >= 11 is 0. The van der Waals surface area contributed by atoms with Gasteiger partial charge in [0.15, 0.2) is 0 Å². The Morgan fingerprint density at radius 3 is 1.67 bits per heavy atom. The van der Waals surface area contributed by atoms with E-state index >= 15 is 0 Å². The second-order valence-electron chi connectivity index (χ2n) is 3.85. The molecule has 12 heavy (non-hydrogen) atoms. The number of hydrogen-bond acceptors (Lipinski definition) is 2. The van der Waals surface area contributed by atoms with Gasteiger partial charge in [0.05, 0.1) is 12.2 Å². The molecule has 0 saturated carbocycles. The van der Waals surface area contributed by atoms with Gasteiger partial charge < -0.3 is 9.47 Å². The maximum absolute atomic E-state index is 5.56. The molecule has 2 heteroatoms. The molecule has 2 fully saturated rings. The maximum atomic E-state index is 5.56. The zero-order chi connectivity index (χ0) is 8.23. The van der Waals surface area contributed by atoms with E-state index in [4.69, 9.17) is 9.47 Å². The van der Waals surface area contributed by atoms with E-state index in [9.17, 15) is 0 Å². The first kappa shape index (κ1) is 8.52. The smallest absolute Gasteiger partial charge is 0.0577 e. The van der Waals surface area contributed by atoms with Crippen molar-refractivity contribution in [1.82, 2.24) is 0 Å². The van der Waals surface area contributed by atoms with Crippen LogP contribution in [0.4, 0.5) is 0 Å². The van der Waals surface area contributed by atoms with Gasteiger partial charge in [-0.2, -0.15) is 0 Å². The van der Waals surface area contributed by atoms with Gasteiger partial charge in [0.25, 0.3) is 0 Å². The fraction of sp³-hybridized carbons (Fsp3) is 1.00. The molecule has 2 aliphatic heterocycles. The van der Waals surface area contributed by atoms with E-state index in [1.54, 1.807) is 0 Å². The van der Waals surface area contributed by atoms with Crippen molar-refractivity contribution < 1.29 is 9.47 Å². The van der Waals surface area contributed by atoms with Crippen LogP contribution in [-0.4, -0.2) is 25.4 Å². The third-order valence-corrected chi connectivity index (χ3v) is 2.86. The van der Waals surface area contributed by atoms with Crippen LogP contribution in [-0.2, 0) is 9.47 Å². The molecule has 0 aliphatic carbocycles. The number of hydrogen-bond donors (Lipinski definition) is 0. The third-order valence-electron chi connectivity index (χ3n) is 2.86. The molecule has 2 atom stereocenters. The highest BCUT2D eigenvalue weighted by Gasteiger charge is 2.20. The molecule has 0 amide bonds. The van der Waals surface area contributed by atoms with Crippen LogP contribution in [0, 0.1) is 0 Å². The monoisotopic (exact) mass is 170 g/mol. The largest absolute Gasteiger partial charge is 0.378 e. The second kappa shape index (κ2) is 4.24. The van der Waals surface area contributed by atoms with Crippen LogP contribution in [0.1, 0.15) is 38.5 Å². The standard InChI is InChI=1S/C10H18O2/c1-3-9(11-7-1)5-6-10-4-2-8-12-10/h9-10H,1-8H2. The molecule has 0 radical (unpaired) electrons. The zero-order valence-electron chi connectivity index (χ0n) is 7.63. The molecular formula is C10H18O2. The molecule has 2 aliphatic rings. The maximum Gasteiger partial charge on any atom is 0.0577 e. The van der Waals surface area contributed by atoms with E-state index < -0.39 is 0 Å². The molecule has 2 unspecified atom stereocenters. The van der Waals surface area contributed by atoms with Gasteiger partial charge in [-0.15, -0.1) is 0 Å². The highest BCUT2D eigenvalue weighted by molar-refractivity contribution is 4.70. The summed E-state index contributed by atoms with van der Waals surface area (Å²) in [7, 11) is 0. The third kappa shape index (κ3) is 2.20. The fourth-order valence-corrected chi connectivity index (χ4v) is 2.12. The van der Waals surface area contributed by atoms with Gasteiger partial charge in [0.2, 0.25) is 0 Å². The lowest BCUT2D eigenvalue weighted by molar-refractivity contribution is 0.0654. The molecule has 2 nitrogen and oxygen atoms in total. The molecular weight excluding hydrogens is 152 g/mol. The van der Waals surface area contributed by atoms with E-state index in [0.717, 1.165) is 13.2 Å². The van der Waals surface area contributed by atoms with Crippen molar-refractivity contribution in [2.75, 3.05) is 13.2 Å². The van der Waals surface area contributed by atoms with Gasteiger partial charge in [-0.25, -0.2) is 0 Å². The topological polar surface area (TPSA) is 18.5 Å². The summed E-state index contributed by atoms with van der Waals surface area (Å²) in [6.07, 6.45) is 8.59. The molecule has 0 N–H and O–H groups in total. The predicted molar refractivity (Wildman–Crippen MR) is 47.2 cm³/mol. The molecule has 0 spiro atoms. The second-order valence-corrected chi connectivity index (χ2v) is 3.85. The Morgan fingerprint density at radius 2 is 1.33 bits per heavy atom. The Kier molecular flexibility index (Phi) is 3.01. The van der Waals surface area contributed by atoms with Gasteiger partial charge >= 0.3 is 0 Å². The van der Waals surface area contributed by atoms with Crippen LogP contribution in [0.3, 0.4) is 0 Å². The van der Waals surface area contributed by atoms with E-state index in [2.05, 4.69) is 0 Å². The van der Waals surface area contributed by atoms with Gasteiger partial charge in [0.1, 0.15) is 0 Å². The minimum Gasteiger partial charge on any atom is -0.378 e. The summed E-state index contributed by atoms with van der Waals surface area (Å²) < 4.78 is 11.1. The van der Waals surface area contributed by atoms with Crippen LogP contribution in [0.2, 0.25) is 0 Å². The zero-order valence-corrected chi connectivity index (χ0v) is 7.63. The molecule has 0 bridgehead atoms. The molecule has 0 aromatic carbocycles. The lowest BCUT2D eigenvalue weighted by atomic mass is 10.1. The first-order chi connectivity index (χ1) is 5.95. The van der Waals surface area contributed by atoms with Crippen LogP contribution >= 0.6 is 0 Å². The van der Waals surface area contributed by atoms with Crippen molar-refractivity contribution in [2.45, 2.75) is 50.7 Å². The van der Waals surface area contributed by atoms with Gasteiger partial charge in [-0.1, -0.05) is 0 Å². The van der Waals surface area contributed by atoms with Crippen molar-refractivity contribution in [3.05, 3.63) is 0 Å². The van der Waals surface area contributed by atoms with Crippen LogP contribution < -0.4 is 0 Å². The van der Waals surface area contributed by atoms with Gasteiger partial charge in [-0.05, 0) is 38.5 Å². The van der Waals surface area contributed by atoms with Crippen molar-refractivity contribution in [3.63, 3.8) is 0 Å². The summed E-state index contributed by atoms with van der Waals surface area (Å²) in [5.74, 6) is 0. The average molecular weight is 170 g/mol. The molecule has 2 saturated heterocycles. The molecule has 0 aromatic heterocycles. The van der Waals surface area contributed by atoms with Crippen molar-refractivity contribution in [3.8, 4) is 0 Å². The summed E-state index contributed by atoms with van der Waals surface area (Å²) in [6, 6.07) is 0. The van der Waals surface area contributed by atoms with E-state index in [1.807, 2.05) is 0 Å². The van der Waals surface area contributed by atoms with Crippen molar-refractivity contribution >= 4 is 0 Å². The highest BCUT2D eigenvalue weighted by atomic mass is 16.5. The van der Waals surface area contributed by atoms with Crippen molar-refractivity contribution in [2.24, 2.45) is 0 Å². The normalized spacial score (nSPS) is 36.0. The van der Waals surface area contributed by atoms with Gasteiger partial charge in [-0.3, -0.25) is 0 Å². The molecule has 2 heterocycles. The van der Waals surface area contributed by atoms with Crippen LogP contribution in [0.15, 0.2) is 0 Å². The van der Waals surface area contributed by atoms with Crippen LogP contribution in [0.5, 0.6) is 0 Å². The Morgan fingerprint density at radius 1 is 0.833 bits per heavy atom. The summed E-state index contributed by atoms with van der Waals surface area (Å²) in [5, 5.41) is 0. The minimum atomic E-state index is 0.550. The molecule has 0 aromatic rings. The molecule has 70 valence electrons. The minimum absolute atomic E-state index is 0.550. The lowest BCUT2D eigenvalue weighted by Gasteiger charge is -2.12. The predicted octanol–water partition coefficient (Wildman–Crippen LogP) is 2.12. The van der Waals surface area contributed by atoms with Crippen molar-refractivity contribution in [1.29, 1.82) is 0 Å². The van der Waals surface area contributed by atoms with Gasteiger partial charge in [0, 0.05) is 13.2 Å². The summed E-state index contributed by atoms with van der Waals surface area (Å²) in [4.78, 5) is 0. The van der Waals surface area contributed by atoms with E-state index in [0.29, 0.717) is 12.2 Å². The van der Waals surface area contributed by atoms with Crippen LogP contribution in [0.25, 0.3) is 0 Å². The quantitative estimate of drug-likeness (QED) is 0.646. The van der Waals surface area contributed by atoms with E-state index in [1.165, 1.54) is 38.5 Å². The number of rotatable bonds is 3. The lowest BCUT2D eigenvalue weighted by Crippen LogP contribution is -2.11. The Labute approximate surface area is 74.2 Å². The first-order valence-electron chi connectivity index (χ1n) is 5.18. The Balaban J connectivity index is 1.60.